The first-order valence-electron chi connectivity index (χ1n) is 7.28. The number of allylic oxidation sites excluding steroid dienone is 8. The molecule has 0 aromatic carbocycles. The average Bonchev–Trinajstić information content (AvgIpc) is 2.39. The summed E-state index contributed by atoms with van der Waals surface area (Å²) in [5, 5.41) is 3.50. The molecule has 1 nitrogen and oxygen atoms in total. The largest absolute Gasteiger partial charge is 0.316 e. The maximum atomic E-state index is 3.50. The van der Waals surface area contributed by atoms with Gasteiger partial charge in [-0.05, 0) is 69.2 Å². The van der Waals surface area contributed by atoms with Crippen molar-refractivity contribution in [2.75, 3.05) is 13.1 Å². The quantitative estimate of drug-likeness (QED) is 0.782. The van der Waals surface area contributed by atoms with Crippen molar-refractivity contribution in [1.82, 2.24) is 5.32 Å². The van der Waals surface area contributed by atoms with E-state index in [0.29, 0.717) is 0 Å². The van der Waals surface area contributed by atoms with Crippen molar-refractivity contribution in [3.05, 3.63) is 47.6 Å². The molecule has 1 N–H and O–H groups in total. The molecule has 2 rings (SSSR count). The van der Waals surface area contributed by atoms with E-state index in [4.69, 9.17) is 0 Å². The van der Waals surface area contributed by atoms with Gasteiger partial charge in [0.05, 0.1) is 0 Å². The molecule has 0 amide bonds. The third-order valence-electron chi connectivity index (χ3n) is 3.94. The van der Waals surface area contributed by atoms with E-state index in [2.05, 4.69) is 48.7 Å². The second-order valence-corrected chi connectivity index (χ2v) is 5.42. The zero-order valence-electron chi connectivity index (χ0n) is 11.5. The summed E-state index contributed by atoms with van der Waals surface area (Å²) in [7, 11) is 0. The van der Waals surface area contributed by atoms with E-state index < -0.39 is 0 Å². The molecule has 1 saturated heterocycles. The third-order valence-corrected chi connectivity index (χ3v) is 3.94. The predicted octanol–water partition coefficient (Wildman–Crippen LogP) is 4.16. The summed E-state index contributed by atoms with van der Waals surface area (Å²) in [5.41, 5.74) is 2.91. The lowest BCUT2D eigenvalue weighted by molar-refractivity contribution is 0.351. The fourth-order valence-electron chi connectivity index (χ4n) is 2.77. The summed E-state index contributed by atoms with van der Waals surface area (Å²) in [6.07, 6.45) is 19.7. The van der Waals surface area contributed by atoms with Crippen LogP contribution < -0.4 is 5.32 Å². The van der Waals surface area contributed by atoms with Crippen molar-refractivity contribution >= 4 is 0 Å². The SMILES string of the molecule is CC1=C/C=C\C=C/C=C1CCCC1CCCNC1. The molecular formula is C17H25N. The van der Waals surface area contributed by atoms with Crippen LogP contribution in [0.5, 0.6) is 0 Å². The Morgan fingerprint density at radius 3 is 2.78 bits per heavy atom. The van der Waals surface area contributed by atoms with E-state index in [1.54, 1.807) is 0 Å². The Balaban J connectivity index is 1.78. The number of rotatable bonds is 4. The summed E-state index contributed by atoms with van der Waals surface area (Å²) in [6.45, 7) is 4.68. The van der Waals surface area contributed by atoms with Gasteiger partial charge in [-0.2, -0.15) is 0 Å². The van der Waals surface area contributed by atoms with Crippen molar-refractivity contribution in [3.63, 3.8) is 0 Å². The lowest BCUT2D eigenvalue weighted by Gasteiger charge is -2.22. The Labute approximate surface area is 111 Å². The molecule has 2 aliphatic rings. The van der Waals surface area contributed by atoms with Gasteiger partial charge < -0.3 is 5.32 Å². The Kier molecular flexibility index (Phi) is 5.47. The molecule has 18 heavy (non-hydrogen) atoms. The molecule has 1 heteroatoms. The Morgan fingerprint density at radius 1 is 1.17 bits per heavy atom. The number of hydrogen-bond acceptors (Lipinski definition) is 1. The second-order valence-electron chi connectivity index (χ2n) is 5.42. The van der Waals surface area contributed by atoms with Crippen molar-refractivity contribution in [1.29, 1.82) is 0 Å². The molecular weight excluding hydrogens is 218 g/mol. The van der Waals surface area contributed by atoms with Crippen LogP contribution in [0.25, 0.3) is 0 Å². The number of nitrogens with one attached hydrogen (secondary N) is 1. The molecule has 98 valence electrons. The molecule has 1 atom stereocenters. The van der Waals surface area contributed by atoms with Gasteiger partial charge in [0.25, 0.3) is 0 Å². The zero-order chi connectivity index (χ0) is 12.6. The highest BCUT2D eigenvalue weighted by Crippen LogP contribution is 2.22. The highest BCUT2D eigenvalue weighted by molar-refractivity contribution is 5.37. The van der Waals surface area contributed by atoms with E-state index in [0.717, 1.165) is 5.92 Å². The van der Waals surface area contributed by atoms with E-state index in [1.807, 2.05) is 0 Å². The average molecular weight is 243 g/mol. The van der Waals surface area contributed by atoms with E-state index >= 15 is 0 Å². The van der Waals surface area contributed by atoms with E-state index in [9.17, 15) is 0 Å². The van der Waals surface area contributed by atoms with E-state index in [-0.39, 0.29) is 0 Å². The molecule has 0 radical (unpaired) electrons. The summed E-state index contributed by atoms with van der Waals surface area (Å²) in [6, 6.07) is 0. The van der Waals surface area contributed by atoms with Gasteiger partial charge in [0.2, 0.25) is 0 Å². The monoisotopic (exact) mass is 243 g/mol. The summed E-state index contributed by atoms with van der Waals surface area (Å²) in [4.78, 5) is 0. The molecule has 1 heterocycles. The maximum absolute atomic E-state index is 3.50. The molecule has 0 aromatic heterocycles. The predicted molar refractivity (Wildman–Crippen MR) is 79.6 cm³/mol. The standard InChI is InChI=1S/C17H25N/c1-15-8-4-2-3-5-11-17(15)12-6-9-16-10-7-13-18-14-16/h2-5,8,11,16,18H,6-7,9-10,12-14H2,1H3/b3-2?,4-2-,5-3-,8-4?,11-5?,15-8?,17-11?,17-15?. The van der Waals surface area contributed by atoms with Gasteiger partial charge >= 0.3 is 0 Å². The van der Waals surface area contributed by atoms with Crippen LogP contribution >= 0.6 is 0 Å². The maximum Gasteiger partial charge on any atom is -0.00205 e. The van der Waals surface area contributed by atoms with Crippen LogP contribution in [-0.4, -0.2) is 13.1 Å². The van der Waals surface area contributed by atoms with Crippen LogP contribution in [0.15, 0.2) is 47.6 Å². The van der Waals surface area contributed by atoms with Gasteiger partial charge in [0, 0.05) is 0 Å². The molecule has 0 aromatic rings. The highest BCUT2D eigenvalue weighted by Gasteiger charge is 2.12. The molecule has 1 fully saturated rings. The molecule has 0 bridgehead atoms. The molecule has 1 aliphatic heterocycles. The molecule has 0 spiro atoms. The van der Waals surface area contributed by atoms with Gasteiger partial charge in [-0.3, -0.25) is 0 Å². The first-order chi connectivity index (χ1) is 8.86. The van der Waals surface area contributed by atoms with Crippen LogP contribution in [0.1, 0.15) is 39.0 Å². The summed E-state index contributed by atoms with van der Waals surface area (Å²) >= 11 is 0. The third kappa shape index (κ3) is 4.30. The fourth-order valence-corrected chi connectivity index (χ4v) is 2.77. The Hall–Kier alpha value is -1.08. The lowest BCUT2D eigenvalue weighted by Crippen LogP contribution is -2.29. The van der Waals surface area contributed by atoms with Gasteiger partial charge in [-0.15, -0.1) is 0 Å². The molecule has 1 aliphatic carbocycles. The lowest BCUT2D eigenvalue weighted by atomic mass is 9.91. The van der Waals surface area contributed by atoms with Crippen molar-refractivity contribution in [2.24, 2.45) is 5.92 Å². The summed E-state index contributed by atoms with van der Waals surface area (Å²) < 4.78 is 0. The highest BCUT2D eigenvalue weighted by atomic mass is 14.9. The zero-order valence-corrected chi connectivity index (χ0v) is 11.5. The first kappa shape index (κ1) is 13.4. The minimum Gasteiger partial charge on any atom is -0.316 e. The smallest absolute Gasteiger partial charge is 0.00205 e. The van der Waals surface area contributed by atoms with Crippen molar-refractivity contribution < 1.29 is 0 Å². The van der Waals surface area contributed by atoms with Crippen LogP contribution in [-0.2, 0) is 0 Å². The fraction of sp³-hybridized carbons (Fsp3) is 0.529. The normalized spacial score (nSPS) is 27.7. The number of piperidine rings is 1. The Morgan fingerprint density at radius 2 is 2.00 bits per heavy atom. The first-order valence-corrected chi connectivity index (χ1v) is 7.28. The van der Waals surface area contributed by atoms with Gasteiger partial charge in [-0.25, -0.2) is 0 Å². The van der Waals surface area contributed by atoms with Crippen molar-refractivity contribution in [3.8, 4) is 0 Å². The van der Waals surface area contributed by atoms with Crippen LogP contribution in [0.2, 0.25) is 0 Å². The molecule has 1 unspecified atom stereocenters. The summed E-state index contributed by atoms with van der Waals surface area (Å²) in [5.74, 6) is 0.910. The van der Waals surface area contributed by atoms with Crippen LogP contribution in [0, 0.1) is 5.92 Å². The van der Waals surface area contributed by atoms with Crippen LogP contribution in [0.3, 0.4) is 0 Å². The van der Waals surface area contributed by atoms with Gasteiger partial charge in [-0.1, -0.05) is 36.5 Å². The number of hydrogen-bond donors (Lipinski definition) is 1. The molecule has 0 saturated carbocycles. The second kappa shape index (κ2) is 7.38. The van der Waals surface area contributed by atoms with Crippen LogP contribution in [0.4, 0.5) is 0 Å². The minimum atomic E-state index is 0.910. The van der Waals surface area contributed by atoms with Gasteiger partial charge in [0.15, 0.2) is 0 Å². The van der Waals surface area contributed by atoms with Crippen molar-refractivity contribution in [2.45, 2.75) is 39.0 Å². The Bertz CT molecular complexity index is 365. The topological polar surface area (TPSA) is 12.0 Å². The minimum absolute atomic E-state index is 0.910. The van der Waals surface area contributed by atoms with Gasteiger partial charge in [0.1, 0.15) is 0 Å². The van der Waals surface area contributed by atoms with E-state index in [1.165, 1.54) is 56.3 Å².